The number of carbonyl (C=O) groups excluding carboxylic acids is 2. The number of carbonyl (C=O) groups is 3. The van der Waals surface area contributed by atoms with Crippen LogP contribution in [0.1, 0.15) is 13.8 Å². The average Bonchev–Trinajstić information content (AvgIpc) is 2.34. The smallest absolute Gasteiger partial charge is 0.327 e. The van der Waals surface area contributed by atoms with Gasteiger partial charge in [-0.1, -0.05) is 37.0 Å². The van der Waals surface area contributed by atoms with Crippen LogP contribution in [-0.4, -0.2) is 33.8 Å². The minimum absolute atomic E-state index is 0.432. The highest BCUT2D eigenvalue weighted by atomic mass is 35.5. The van der Waals surface area contributed by atoms with Gasteiger partial charge in [0.25, 0.3) is 11.8 Å². The standard InChI is InChI=1S/C9H9Cl2NO4/c1-3(2)6(9(15)16)12-7(13)4(10)5(11)8(12)14/h3,6H,1-2H3,(H,15,16). The maximum absolute atomic E-state index is 11.5. The lowest BCUT2D eigenvalue weighted by atomic mass is 10.0. The van der Waals surface area contributed by atoms with Gasteiger partial charge in [0.15, 0.2) is 0 Å². The van der Waals surface area contributed by atoms with Gasteiger partial charge in [0.2, 0.25) is 0 Å². The maximum atomic E-state index is 11.5. The molecule has 0 aromatic carbocycles. The van der Waals surface area contributed by atoms with Gasteiger partial charge in [0.05, 0.1) is 0 Å². The van der Waals surface area contributed by atoms with Crippen LogP contribution < -0.4 is 0 Å². The van der Waals surface area contributed by atoms with Crippen LogP contribution in [0, 0.1) is 5.92 Å². The van der Waals surface area contributed by atoms with E-state index in [0.717, 1.165) is 0 Å². The van der Waals surface area contributed by atoms with Crippen LogP contribution in [0.15, 0.2) is 10.1 Å². The summed E-state index contributed by atoms with van der Waals surface area (Å²) in [7, 11) is 0. The van der Waals surface area contributed by atoms with Crippen molar-refractivity contribution in [3.8, 4) is 0 Å². The van der Waals surface area contributed by atoms with Crippen LogP contribution in [0.3, 0.4) is 0 Å². The summed E-state index contributed by atoms with van der Waals surface area (Å²) in [5.41, 5.74) is 0. The third-order valence-corrected chi connectivity index (χ3v) is 2.97. The van der Waals surface area contributed by atoms with E-state index >= 15 is 0 Å². The third kappa shape index (κ3) is 1.92. The molecule has 0 bridgehead atoms. The monoisotopic (exact) mass is 265 g/mol. The van der Waals surface area contributed by atoms with Crippen LogP contribution in [-0.2, 0) is 14.4 Å². The molecule has 1 rings (SSSR count). The molecule has 1 aliphatic heterocycles. The zero-order valence-corrected chi connectivity index (χ0v) is 10.0. The summed E-state index contributed by atoms with van der Waals surface area (Å²) in [6.45, 7) is 3.17. The fraction of sp³-hybridized carbons (Fsp3) is 0.444. The Morgan fingerprint density at radius 3 is 1.81 bits per heavy atom. The molecule has 16 heavy (non-hydrogen) atoms. The molecule has 0 aromatic heterocycles. The van der Waals surface area contributed by atoms with Gasteiger partial charge >= 0.3 is 5.97 Å². The van der Waals surface area contributed by atoms with Crippen molar-refractivity contribution in [3.63, 3.8) is 0 Å². The van der Waals surface area contributed by atoms with Crippen molar-refractivity contribution in [2.24, 2.45) is 5.92 Å². The van der Waals surface area contributed by atoms with E-state index in [9.17, 15) is 14.4 Å². The van der Waals surface area contributed by atoms with E-state index in [1.54, 1.807) is 13.8 Å². The molecule has 88 valence electrons. The molecule has 1 atom stereocenters. The normalized spacial score (nSPS) is 18.7. The molecule has 1 unspecified atom stereocenters. The highest BCUT2D eigenvalue weighted by molar-refractivity contribution is 6.58. The number of imide groups is 1. The summed E-state index contributed by atoms with van der Waals surface area (Å²) in [5, 5.41) is 8.10. The number of carboxylic acids is 1. The molecule has 5 nitrogen and oxygen atoms in total. The number of hydrogen-bond donors (Lipinski definition) is 1. The van der Waals surface area contributed by atoms with E-state index in [2.05, 4.69) is 0 Å². The number of rotatable bonds is 3. The third-order valence-electron chi connectivity index (χ3n) is 2.17. The first-order valence-electron chi connectivity index (χ1n) is 4.45. The predicted octanol–water partition coefficient (Wildman–Crippen LogP) is 1.15. The van der Waals surface area contributed by atoms with Crippen LogP contribution in [0.2, 0.25) is 0 Å². The van der Waals surface area contributed by atoms with Crippen molar-refractivity contribution >= 4 is 41.0 Å². The summed E-state index contributed by atoms with van der Waals surface area (Å²) < 4.78 is 0. The number of amides is 2. The summed E-state index contributed by atoms with van der Waals surface area (Å²) in [4.78, 5) is 34.7. The molecule has 2 amide bonds. The number of carboxylic acid groups (broad SMARTS) is 1. The van der Waals surface area contributed by atoms with Crippen molar-refractivity contribution in [2.45, 2.75) is 19.9 Å². The van der Waals surface area contributed by atoms with Gasteiger partial charge in [-0.05, 0) is 5.92 Å². The summed E-state index contributed by atoms with van der Waals surface area (Å²) in [6.07, 6.45) is 0. The minimum Gasteiger partial charge on any atom is -0.480 e. The molecule has 7 heteroatoms. The van der Waals surface area contributed by atoms with Crippen molar-refractivity contribution in [1.29, 1.82) is 0 Å². The molecular formula is C9H9Cl2NO4. The van der Waals surface area contributed by atoms with Crippen LogP contribution in [0.4, 0.5) is 0 Å². The molecule has 0 fully saturated rings. The second-order valence-electron chi connectivity index (χ2n) is 3.64. The van der Waals surface area contributed by atoms with E-state index in [4.69, 9.17) is 28.3 Å². The van der Waals surface area contributed by atoms with Gasteiger partial charge in [-0.25, -0.2) is 4.79 Å². The summed E-state index contributed by atoms with van der Waals surface area (Å²) in [5.74, 6) is -3.43. The Kier molecular flexibility index (Phi) is 3.60. The van der Waals surface area contributed by atoms with Crippen LogP contribution in [0.5, 0.6) is 0 Å². The maximum Gasteiger partial charge on any atom is 0.327 e. The molecule has 1 heterocycles. The van der Waals surface area contributed by atoms with E-state index in [0.29, 0.717) is 4.90 Å². The fourth-order valence-corrected chi connectivity index (χ4v) is 1.78. The molecule has 0 radical (unpaired) electrons. The van der Waals surface area contributed by atoms with E-state index < -0.39 is 39.8 Å². The zero-order chi connectivity index (χ0) is 12.6. The Bertz CT molecular complexity index is 378. The van der Waals surface area contributed by atoms with E-state index in [-0.39, 0.29) is 0 Å². The van der Waals surface area contributed by atoms with Gasteiger partial charge in [-0.3, -0.25) is 14.5 Å². The highest BCUT2D eigenvalue weighted by Gasteiger charge is 2.44. The number of aliphatic carboxylic acids is 1. The SMILES string of the molecule is CC(C)C(C(=O)O)N1C(=O)C(Cl)=C(Cl)C1=O. The molecule has 1 aliphatic rings. The van der Waals surface area contributed by atoms with Crippen molar-refractivity contribution in [1.82, 2.24) is 4.90 Å². The quantitative estimate of drug-likeness (QED) is 0.777. The van der Waals surface area contributed by atoms with Gasteiger partial charge in [0, 0.05) is 0 Å². The number of halogens is 2. The zero-order valence-electron chi connectivity index (χ0n) is 8.53. The summed E-state index contributed by atoms with van der Waals surface area (Å²) >= 11 is 11.0. The Hall–Kier alpha value is -1.07. The molecule has 0 aliphatic carbocycles. The lowest BCUT2D eigenvalue weighted by molar-refractivity contribution is -0.155. The lowest BCUT2D eigenvalue weighted by Gasteiger charge is -2.25. The molecular weight excluding hydrogens is 257 g/mol. The lowest BCUT2D eigenvalue weighted by Crippen LogP contribution is -2.48. The molecule has 0 spiro atoms. The topological polar surface area (TPSA) is 74.7 Å². The Labute approximate surface area is 102 Å². The predicted molar refractivity (Wildman–Crippen MR) is 56.8 cm³/mol. The number of nitrogens with zero attached hydrogens (tertiary/aromatic N) is 1. The first-order chi connectivity index (χ1) is 7.29. The Morgan fingerprint density at radius 1 is 1.19 bits per heavy atom. The van der Waals surface area contributed by atoms with Gasteiger partial charge in [-0.2, -0.15) is 0 Å². The second-order valence-corrected chi connectivity index (χ2v) is 4.39. The number of hydrogen-bond acceptors (Lipinski definition) is 3. The molecule has 1 N–H and O–H groups in total. The molecule has 0 saturated heterocycles. The highest BCUT2D eigenvalue weighted by Crippen LogP contribution is 2.30. The minimum atomic E-state index is -1.27. The van der Waals surface area contributed by atoms with E-state index in [1.165, 1.54) is 0 Å². The van der Waals surface area contributed by atoms with Crippen LogP contribution >= 0.6 is 23.2 Å². The molecule has 0 aromatic rings. The van der Waals surface area contributed by atoms with Gasteiger partial charge < -0.3 is 5.11 Å². The van der Waals surface area contributed by atoms with Crippen molar-refractivity contribution < 1.29 is 19.5 Å². The first kappa shape index (κ1) is 13.0. The fourth-order valence-electron chi connectivity index (χ4n) is 1.44. The summed E-state index contributed by atoms with van der Waals surface area (Å²) in [6, 6.07) is -1.26. The van der Waals surface area contributed by atoms with E-state index in [1.807, 2.05) is 0 Å². The van der Waals surface area contributed by atoms with Crippen molar-refractivity contribution in [2.75, 3.05) is 0 Å². The Morgan fingerprint density at radius 2 is 1.56 bits per heavy atom. The Balaban J connectivity index is 3.13. The van der Waals surface area contributed by atoms with Gasteiger partial charge in [0.1, 0.15) is 16.1 Å². The largest absolute Gasteiger partial charge is 0.480 e. The van der Waals surface area contributed by atoms with Gasteiger partial charge in [-0.15, -0.1) is 0 Å². The molecule has 0 saturated carbocycles. The van der Waals surface area contributed by atoms with Crippen molar-refractivity contribution in [3.05, 3.63) is 10.1 Å². The first-order valence-corrected chi connectivity index (χ1v) is 5.20. The average molecular weight is 266 g/mol. The van der Waals surface area contributed by atoms with Crippen LogP contribution in [0.25, 0.3) is 0 Å². The second kappa shape index (κ2) is 4.43.